The topological polar surface area (TPSA) is 91.2 Å². The van der Waals surface area contributed by atoms with Gasteiger partial charge in [-0.15, -0.1) is 5.10 Å². The molecule has 0 spiro atoms. The molecular formula is C19H19F2N5O3. The maximum absolute atomic E-state index is 13.5. The number of tetrazole rings is 1. The van der Waals surface area contributed by atoms with Crippen molar-refractivity contribution in [3.05, 3.63) is 59.4 Å². The molecule has 0 atom stereocenters. The Kier molecular flexibility index (Phi) is 6.32. The molecule has 0 unspecified atom stereocenters. The second-order valence-electron chi connectivity index (χ2n) is 5.82. The van der Waals surface area contributed by atoms with E-state index in [1.165, 1.54) is 10.7 Å². The molecule has 1 amide bonds. The van der Waals surface area contributed by atoms with Gasteiger partial charge in [-0.3, -0.25) is 4.79 Å². The lowest BCUT2D eigenvalue weighted by atomic mass is 10.2. The van der Waals surface area contributed by atoms with E-state index in [0.29, 0.717) is 30.3 Å². The molecule has 3 aromatic rings. The molecule has 29 heavy (non-hydrogen) atoms. The Morgan fingerprint density at radius 2 is 1.79 bits per heavy atom. The lowest BCUT2D eigenvalue weighted by Gasteiger charge is -2.12. The molecule has 1 N–H and O–H groups in total. The van der Waals surface area contributed by atoms with E-state index in [1.54, 1.807) is 18.2 Å². The number of hydrogen-bond donors (Lipinski definition) is 1. The number of amides is 1. The van der Waals surface area contributed by atoms with E-state index < -0.39 is 11.6 Å². The molecule has 0 aliphatic rings. The third-order valence-corrected chi connectivity index (χ3v) is 3.89. The second-order valence-corrected chi connectivity index (χ2v) is 5.82. The molecule has 0 fully saturated rings. The molecule has 0 saturated carbocycles. The summed E-state index contributed by atoms with van der Waals surface area (Å²) >= 11 is 0. The number of rotatable bonds is 8. The molecular weight excluding hydrogens is 384 g/mol. The number of benzene rings is 2. The van der Waals surface area contributed by atoms with Crippen LogP contribution in [-0.4, -0.2) is 39.3 Å². The third kappa shape index (κ3) is 4.65. The fourth-order valence-corrected chi connectivity index (χ4v) is 2.59. The van der Waals surface area contributed by atoms with Crippen LogP contribution >= 0.6 is 0 Å². The van der Waals surface area contributed by atoms with Gasteiger partial charge in [0.15, 0.2) is 29.0 Å². The summed E-state index contributed by atoms with van der Waals surface area (Å²) in [7, 11) is 0. The van der Waals surface area contributed by atoms with Gasteiger partial charge in [-0.25, -0.2) is 8.78 Å². The van der Waals surface area contributed by atoms with Crippen LogP contribution in [0.4, 0.5) is 8.78 Å². The number of nitrogens with zero attached hydrogens (tertiary/aromatic N) is 4. The number of carbonyl (C=O) groups is 1. The minimum Gasteiger partial charge on any atom is -0.490 e. The van der Waals surface area contributed by atoms with E-state index in [0.717, 1.165) is 12.1 Å². The van der Waals surface area contributed by atoms with Crippen LogP contribution in [0, 0.1) is 11.6 Å². The van der Waals surface area contributed by atoms with Gasteiger partial charge < -0.3 is 14.8 Å². The Morgan fingerprint density at radius 1 is 1.03 bits per heavy atom. The van der Waals surface area contributed by atoms with Crippen LogP contribution in [0.3, 0.4) is 0 Å². The highest BCUT2D eigenvalue weighted by molar-refractivity contribution is 5.94. The molecule has 0 aliphatic carbocycles. The highest BCUT2D eigenvalue weighted by Crippen LogP contribution is 2.28. The lowest BCUT2D eigenvalue weighted by molar-refractivity contribution is 0.0949. The summed E-state index contributed by atoms with van der Waals surface area (Å²) in [6.45, 7) is 4.56. The van der Waals surface area contributed by atoms with Gasteiger partial charge >= 0.3 is 0 Å². The summed E-state index contributed by atoms with van der Waals surface area (Å²) in [5.74, 6) is -1.11. The molecule has 152 valence electrons. The van der Waals surface area contributed by atoms with Gasteiger partial charge in [-0.1, -0.05) is 0 Å². The van der Waals surface area contributed by atoms with Crippen molar-refractivity contribution >= 4 is 5.91 Å². The molecule has 1 aromatic heterocycles. The molecule has 2 aromatic carbocycles. The van der Waals surface area contributed by atoms with Crippen molar-refractivity contribution in [1.29, 1.82) is 0 Å². The standard InChI is InChI=1S/C19H19F2N5O3/c1-3-28-16-8-5-12(9-17(16)29-4-2)19(27)22-11-18-23-24-25-26(18)13-6-7-14(20)15(21)10-13/h5-10H,3-4,11H2,1-2H3,(H,22,27). The minimum atomic E-state index is -1.02. The number of nitrogens with one attached hydrogen (secondary N) is 1. The van der Waals surface area contributed by atoms with Crippen molar-refractivity contribution in [2.45, 2.75) is 20.4 Å². The van der Waals surface area contributed by atoms with Gasteiger partial charge in [0.2, 0.25) is 0 Å². The fourth-order valence-electron chi connectivity index (χ4n) is 2.59. The summed E-state index contributed by atoms with van der Waals surface area (Å²) in [6.07, 6.45) is 0. The Morgan fingerprint density at radius 3 is 2.52 bits per heavy atom. The summed E-state index contributed by atoms with van der Waals surface area (Å²) < 4.78 is 38.8. The SMILES string of the molecule is CCOc1ccc(C(=O)NCc2nnnn2-c2ccc(F)c(F)c2)cc1OCC. The summed E-state index contributed by atoms with van der Waals surface area (Å²) in [5.41, 5.74) is 0.599. The number of hydrogen-bond acceptors (Lipinski definition) is 6. The molecule has 0 bridgehead atoms. The predicted molar refractivity (Wildman–Crippen MR) is 99.0 cm³/mol. The average molecular weight is 403 g/mol. The van der Waals surface area contributed by atoms with Crippen molar-refractivity contribution < 1.29 is 23.0 Å². The van der Waals surface area contributed by atoms with E-state index in [1.807, 2.05) is 13.8 Å². The molecule has 1 heterocycles. The van der Waals surface area contributed by atoms with Gasteiger partial charge in [-0.2, -0.15) is 4.68 Å². The van der Waals surface area contributed by atoms with Crippen molar-refractivity contribution in [3.8, 4) is 17.2 Å². The van der Waals surface area contributed by atoms with Crippen molar-refractivity contribution in [3.63, 3.8) is 0 Å². The lowest BCUT2D eigenvalue weighted by Crippen LogP contribution is -2.25. The molecule has 0 aliphatic heterocycles. The highest BCUT2D eigenvalue weighted by atomic mass is 19.2. The van der Waals surface area contributed by atoms with Crippen LogP contribution < -0.4 is 14.8 Å². The van der Waals surface area contributed by atoms with Crippen LogP contribution in [0.1, 0.15) is 30.0 Å². The maximum Gasteiger partial charge on any atom is 0.251 e. The van der Waals surface area contributed by atoms with E-state index in [4.69, 9.17) is 9.47 Å². The van der Waals surface area contributed by atoms with Gasteiger partial charge in [0, 0.05) is 11.6 Å². The molecule has 0 radical (unpaired) electrons. The van der Waals surface area contributed by atoms with Gasteiger partial charge in [0.05, 0.1) is 25.4 Å². The average Bonchev–Trinajstić information content (AvgIpc) is 3.18. The third-order valence-electron chi connectivity index (χ3n) is 3.89. The molecule has 8 nitrogen and oxygen atoms in total. The Bertz CT molecular complexity index is 1010. The van der Waals surface area contributed by atoms with Gasteiger partial charge in [0.1, 0.15) is 0 Å². The number of aromatic nitrogens is 4. The van der Waals surface area contributed by atoms with E-state index >= 15 is 0 Å². The quantitative estimate of drug-likeness (QED) is 0.622. The zero-order chi connectivity index (χ0) is 20.8. The van der Waals surface area contributed by atoms with Crippen LogP contribution in [0.5, 0.6) is 11.5 Å². The molecule has 3 rings (SSSR count). The first kappa shape index (κ1) is 20.2. The first-order chi connectivity index (χ1) is 14.0. The van der Waals surface area contributed by atoms with Crippen LogP contribution in [0.15, 0.2) is 36.4 Å². The van der Waals surface area contributed by atoms with Crippen LogP contribution in [-0.2, 0) is 6.54 Å². The summed E-state index contributed by atoms with van der Waals surface area (Å²) in [6, 6.07) is 8.14. The zero-order valence-corrected chi connectivity index (χ0v) is 15.9. The number of carbonyl (C=O) groups excluding carboxylic acids is 1. The van der Waals surface area contributed by atoms with E-state index in [9.17, 15) is 13.6 Å². The van der Waals surface area contributed by atoms with E-state index in [2.05, 4.69) is 20.8 Å². The summed E-state index contributed by atoms with van der Waals surface area (Å²) in [5, 5.41) is 13.8. The highest BCUT2D eigenvalue weighted by Gasteiger charge is 2.15. The smallest absolute Gasteiger partial charge is 0.251 e. The fraction of sp³-hybridized carbons (Fsp3) is 0.263. The maximum atomic E-state index is 13.5. The van der Waals surface area contributed by atoms with Crippen molar-refractivity contribution in [2.24, 2.45) is 0 Å². The molecule has 10 heteroatoms. The first-order valence-electron chi connectivity index (χ1n) is 8.94. The monoisotopic (exact) mass is 403 g/mol. The molecule has 0 saturated heterocycles. The minimum absolute atomic E-state index is 0.0258. The van der Waals surface area contributed by atoms with Crippen molar-refractivity contribution in [2.75, 3.05) is 13.2 Å². The van der Waals surface area contributed by atoms with E-state index in [-0.39, 0.29) is 24.0 Å². The first-order valence-corrected chi connectivity index (χ1v) is 8.94. The summed E-state index contributed by atoms with van der Waals surface area (Å²) in [4.78, 5) is 12.5. The van der Waals surface area contributed by atoms with Gasteiger partial charge in [-0.05, 0) is 54.6 Å². The van der Waals surface area contributed by atoms with Crippen LogP contribution in [0.2, 0.25) is 0 Å². The predicted octanol–water partition coefficient (Wildman–Crippen LogP) is 2.67. The Hall–Kier alpha value is -3.56. The number of ether oxygens (including phenoxy) is 2. The number of halogens is 2. The van der Waals surface area contributed by atoms with Crippen molar-refractivity contribution in [1.82, 2.24) is 25.5 Å². The Labute approximate surface area is 165 Å². The zero-order valence-electron chi connectivity index (χ0n) is 15.9. The van der Waals surface area contributed by atoms with Gasteiger partial charge in [0.25, 0.3) is 5.91 Å². The largest absolute Gasteiger partial charge is 0.490 e. The second kappa shape index (κ2) is 9.09. The Balaban J connectivity index is 1.74. The normalized spacial score (nSPS) is 10.6. The van der Waals surface area contributed by atoms with Crippen LogP contribution in [0.25, 0.3) is 5.69 Å².